The van der Waals surface area contributed by atoms with E-state index in [2.05, 4.69) is 32.4 Å². The zero-order valence-electron chi connectivity index (χ0n) is 20.6. The highest BCUT2D eigenvalue weighted by molar-refractivity contribution is 5.98. The van der Waals surface area contributed by atoms with Crippen molar-refractivity contribution in [2.24, 2.45) is 0 Å². The first kappa shape index (κ1) is 23.4. The summed E-state index contributed by atoms with van der Waals surface area (Å²) in [5, 5.41) is 2.62. The van der Waals surface area contributed by atoms with Crippen LogP contribution in [0.1, 0.15) is 24.1 Å². The number of aromatic nitrogens is 4. The number of carbonyl (C=O) groups is 2. The number of ether oxygens (including phenoxy) is 1. The van der Waals surface area contributed by atoms with Crippen LogP contribution >= 0.6 is 0 Å². The van der Waals surface area contributed by atoms with Crippen LogP contribution in [0.2, 0.25) is 0 Å². The summed E-state index contributed by atoms with van der Waals surface area (Å²) in [7, 11) is 0. The van der Waals surface area contributed by atoms with Crippen LogP contribution < -0.4 is 15.0 Å². The average molecular weight is 505 g/mol. The third-order valence-corrected chi connectivity index (χ3v) is 6.50. The van der Waals surface area contributed by atoms with Crippen LogP contribution in [0.3, 0.4) is 0 Å². The second kappa shape index (κ2) is 9.78. The van der Waals surface area contributed by atoms with Gasteiger partial charge < -0.3 is 9.30 Å². The summed E-state index contributed by atoms with van der Waals surface area (Å²) in [5.74, 6) is -0.331. The number of imidazole rings is 1. The summed E-state index contributed by atoms with van der Waals surface area (Å²) >= 11 is 0. The Kier molecular flexibility index (Phi) is 6.01. The summed E-state index contributed by atoms with van der Waals surface area (Å²) in [4.78, 5) is 40.4. The van der Waals surface area contributed by atoms with Gasteiger partial charge in [-0.05, 0) is 48.2 Å². The number of anilines is 3. The van der Waals surface area contributed by atoms with Gasteiger partial charge in [0.2, 0.25) is 11.9 Å². The molecule has 1 N–H and O–H groups in total. The van der Waals surface area contributed by atoms with Crippen LogP contribution in [-0.2, 0) is 17.6 Å². The van der Waals surface area contributed by atoms with Crippen molar-refractivity contribution < 1.29 is 14.3 Å². The minimum atomic E-state index is -0.668. The van der Waals surface area contributed by atoms with Crippen molar-refractivity contribution in [1.29, 1.82) is 0 Å². The molecule has 2 amide bonds. The predicted molar refractivity (Wildman–Crippen MR) is 144 cm³/mol. The number of hydrogen-bond acceptors (Lipinski definition) is 6. The van der Waals surface area contributed by atoms with Gasteiger partial charge in [-0.1, -0.05) is 60.7 Å². The zero-order valence-corrected chi connectivity index (χ0v) is 20.6. The van der Waals surface area contributed by atoms with E-state index in [9.17, 15) is 9.59 Å². The monoisotopic (exact) mass is 504 g/mol. The molecule has 3 aromatic carbocycles. The number of rotatable bonds is 5. The first-order valence-electron chi connectivity index (χ1n) is 12.3. The molecule has 0 spiro atoms. The number of fused-ring (bicyclic) bond motifs is 2. The molecule has 0 radical (unpaired) electrons. The minimum absolute atomic E-state index is 0.0325. The van der Waals surface area contributed by atoms with Gasteiger partial charge in [0.15, 0.2) is 11.2 Å². The van der Waals surface area contributed by atoms with E-state index in [1.54, 1.807) is 6.33 Å². The highest BCUT2D eigenvalue weighted by Gasteiger charge is 2.28. The van der Waals surface area contributed by atoms with Gasteiger partial charge in [-0.2, -0.15) is 9.97 Å². The number of nitrogens with zero attached hydrogens (tertiary/aromatic N) is 5. The largest absolute Gasteiger partial charge is 0.425 e. The van der Waals surface area contributed by atoms with Gasteiger partial charge >= 0.3 is 6.09 Å². The lowest BCUT2D eigenvalue weighted by Gasteiger charge is -2.22. The fourth-order valence-corrected chi connectivity index (χ4v) is 4.82. The van der Waals surface area contributed by atoms with Crippen molar-refractivity contribution in [3.05, 3.63) is 102 Å². The molecule has 6 rings (SSSR count). The van der Waals surface area contributed by atoms with E-state index >= 15 is 0 Å². The molecular weight excluding hydrogens is 480 g/mol. The first-order chi connectivity index (χ1) is 18.6. The summed E-state index contributed by atoms with van der Waals surface area (Å²) in [6.07, 6.45) is 2.67. The standard InChI is InChI=1S/C29H24N6O3/c1-19(36)31-28-32-26-25(30-18-34(26)24-16-20-10-8-9-11-21(20)17-24)27(33-28)38-29(37)35(22-12-4-2-5-13-22)23-14-6-3-7-15-23/h2-15,18,24H,16-17H2,1H3,(H,31,32,33,36). The normalized spacial score (nSPS) is 12.8. The molecule has 0 saturated carbocycles. The van der Waals surface area contributed by atoms with E-state index in [0.717, 1.165) is 12.8 Å². The van der Waals surface area contributed by atoms with Crippen molar-refractivity contribution in [2.75, 3.05) is 10.2 Å². The molecule has 0 atom stereocenters. The molecule has 9 nitrogen and oxygen atoms in total. The van der Waals surface area contributed by atoms with Gasteiger partial charge in [-0.15, -0.1) is 0 Å². The van der Waals surface area contributed by atoms with Crippen LogP contribution in [0.5, 0.6) is 5.88 Å². The van der Waals surface area contributed by atoms with Crippen LogP contribution in [0.25, 0.3) is 11.2 Å². The summed E-state index contributed by atoms with van der Waals surface area (Å²) in [6, 6.07) is 26.8. The molecule has 1 aliphatic carbocycles. The van der Waals surface area contributed by atoms with E-state index in [1.807, 2.05) is 77.4 Å². The number of hydrogen-bond donors (Lipinski definition) is 1. The van der Waals surface area contributed by atoms with Gasteiger partial charge in [-0.3, -0.25) is 10.1 Å². The second-order valence-corrected chi connectivity index (χ2v) is 9.06. The van der Waals surface area contributed by atoms with Crippen molar-refractivity contribution in [2.45, 2.75) is 25.8 Å². The van der Waals surface area contributed by atoms with Gasteiger partial charge in [0.25, 0.3) is 5.88 Å². The quantitative estimate of drug-likeness (QED) is 0.341. The SMILES string of the molecule is CC(=O)Nc1nc(OC(=O)N(c2ccccc2)c2ccccc2)c2ncn(C3Cc4ccccc4C3)c2n1. The maximum Gasteiger partial charge on any atom is 0.425 e. The number of nitrogens with one attached hydrogen (secondary N) is 1. The Morgan fingerprint density at radius 2 is 1.45 bits per heavy atom. The van der Waals surface area contributed by atoms with E-state index in [4.69, 9.17) is 4.74 Å². The fourth-order valence-electron chi connectivity index (χ4n) is 4.82. The number of para-hydroxylation sites is 2. The lowest BCUT2D eigenvalue weighted by atomic mass is 10.1. The van der Waals surface area contributed by atoms with Crippen molar-refractivity contribution in [1.82, 2.24) is 19.5 Å². The number of carbonyl (C=O) groups excluding carboxylic acids is 2. The molecule has 2 heterocycles. The van der Waals surface area contributed by atoms with Crippen LogP contribution in [-0.4, -0.2) is 31.5 Å². The Bertz CT molecular complexity index is 1570. The number of benzene rings is 3. The first-order valence-corrected chi connectivity index (χ1v) is 12.3. The van der Waals surface area contributed by atoms with Crippen LogP contribution in [0, 0.1) is 0 Å². The molecule has 0 fully saturated rings. The predicted octanol–water partition coefficient (Wildman–Crippen LogP) is 5.46. The smallest absolute Gasteiger partial charge is 0.388 e. The Balaban J connectivity index is 1.40. The van der Waals surface area contributed by atoms with Crippen LogP contribution in [0.15, 0.2) is 91.3 Å². The molecule has 0 bridgehead atoms. The highest BCUT2D eigenvalue weighted by Crippen LogP contribution is 2.34. The Morgan fingerprint density at radius 1 is 0.868 bits per heavy atom. The van der Waals surface area contributed by atoms with E-state index in [-0.39, 0.29) is 23.8 Å². The maximum atomic E-state index is 13.6. The zero-order chi connectivity index (χ0) is 26.1. The third-order valence-electron chi connectivity index (χ3n) is 6.50. The lowest BCUT2D eigenvalue weighted by Crippen LogP contribution is -2.29. The molecule has 2 aromatic heterocycles. The van der Waals surface area contributed by atoms with Gasteiger partial charge in [0.05, 0.1) is 17.7 Å². The van der Waals surface area contributed by atoms with E-state index in [0.29, 0.717) is 22.5 Å². The van der Waals surface area contributed by atoms with E-state index < -0.39 is 6.09 Å². The fraction of sp³-hybridized carbons (Fsp3) is 0.138. The number of amides is 2. The van der Waals surface area contributed by atoms with Crippen molar-refractivity contribution in [3.8, 4) is 5.88 Å². The maximum absolute atomic E-state index is 13.6. The Hall–Kier alpha value is -5.05. The van der Waals surface area contributed by atoms with Gasteiger partial charge in [0.1, 0.15) is 0 Å². The average Bonchev–Trinajstić information content (AvgIpc) is 3.54. The Morgan fingerprint density at radius 3 is 2.03 bits per heavy atom. The summed E-state index contributed by atoms with van der Waals surface area (Å²) in [5.41, 5.74) is 4.64. The minimum Gasteiger partial charge on any atom is -0.388 e. The topological polar surface area (TPSA) is 102 Å². The summed E-state index contributed by atoms with van der Waals surface area (Å²) < 4.78 is 7.83. The van der Waals surface area contributed by atoms with E-state index in [1.165, 1.54) is 23.0 Å². The van der Waals surface area contributed by atoms with Crippen molar-refractivity contribution >= 4 is 40.5 Å². The molecule has 1 aliphatic rings. The van der Waals surface area contributed by atoms with Crippen molar-refractivity contribution in [3.63, 3.8) is 0 Å². The molecule has 5 aromatic rings. The Labute approximate surface area is 218 Å². The molecule has 188 valence electrons. The highest BCUT2D eigenvalue weighted by atomic mass is 16.6. The van der Waals surface area contributed by atoms with Gasteiger partial charge in [0, 0.05) is 13.0 Å². The molecule has 0 saturated heterocycles. The molecule has 0 unspecified atom stereocenters. The summed E-state index contributed by atoms with van der Waals surface area (Å²) in [6.45, 7) is 1.37. The molecular formula is C29H24N6O3. The molecule has 0 aliphatic heterocycles. The van der Waals surface area contributed by atoms with Crippen LogP contribution in [0.4, 0.5) is 22.1 Å². The lowest BCUT2D eigenvalue weighted by molar-refractivity contribution is -0.114. The molecule has 38 heavy (non-hydrogen) atoms. The third kappa shape index (κ3) is 4.45. The second-order valence-electron chi connectivity index (χ2n) is 9.06. The molecule has 9 heteroatoms. The van der Waals surface area contributed by atoms with Gasteiger partial charge in [-0.25, -0.2) is 14.7 Å².